The molecule has 0 aromatic rings. The lowest BCUT2D eigenvalue weighted by Gasteiger charge is -2.39. The highest BCUT2D eigenvalue weighted by atomic mass is 16.3. The number of piperidine rings is 1. The van der Waals surface area contributed by atoms with Crippen molar-refractivity contribution in [2.24, 2.45) is 0 Å². The van der Waals surface area contributed by atoms with Gasteiger partial charge < -0.3 is 10.0 Å². The van der Waals surface area contributed by atoms with Crippen LogP contribution in [0.2, 0.25) is 0 Å². The van der Waals surface area contributed by atoms with Crippen molar-refractivity contribution >= 4 is 0 Å². The molecule has 3 heteroatoms. The second-order valence-corrected chi connectivity index (χ2v) is 5.29. The lowest BCUT2D eigenvalue weighted by Crippen LogP contribution is -2.47. The zero-order chi connectivity index (χ0) is 11.4. The minimum absolute atomic E-state index is 0.356. The van der Waals surface area contributed by atoms with Crippen molar-refractivity contribution in [3.8, 4) is 0 Å². The van der Waals surface area contributed by atoms with Crippen LogP contribution in [-0.4, -0.2) is 59.8 Å². The van der Waals surface area contributed by atoms with Gasteiger partial charge in [-0.1, -0.05) is 6.92 Å². The van der Waals surface area contributed by atoms with Gasteiger partial charge in [-0.3, -0.25) is 4.90 Å². The van der Waals surface area contributed by atoms with Gasteiger partial charge in [0.15, 0.2) is 0 Å². The third-order valence-corrected chi connectivity index (χ3v) is 4.20. The van der Waals surface area contributed by atoms with Crippen LogP contribution < -0.4 is 0 Å². The van der Waals surface area contributed by atoms with Gasteiger partial charge in [0.25, 0.3) is 0 Å². The minimum atomic E-state index is 0.356. The molecule has 16 heavy (non-hydrogen) atoms. The van der Waals surface area contributed by atoms with E-state index in [4.69, 9.17) is 0 Å². The van der Waals surface area contributed by atoms with Crippen molar-refractivity contribution in [2.75, 3.05) is 32.8 Å². The smallest absolute Gasteiger partial charge is 0.0586 e. The molecule has 1 atom stereocenters. The number of aliphatic hydroxyl groups excluding tert-OH is 1. The Labute approximate surface area is 99.4 Å². The summed E-state index contributed by atoms with van der Waals surface area (Å²) in [6.45, 7) is 7.60. The molecule has 2 heterocycles. The molecule has 0 aromatic carbocycles. The second kappa shape index (κ2) is 5.99. The summed E-state index contributed by atoms with van der Waals surface area (Å²) in [7, 11) is 0. The van der Waals surface area contributed by atoms with E-state index in [-0.39, 0.29) is 0 Å². The summed E-state index contributed by atoms with van der Waals surface area (Å²) < 4.78 is 0. The summed E-state index contributed by atoms with van der Waals surface area (Å²) in [5.41, 5.74) is 0. The van der Waals surface area contributed by atoms with Crippen LogP contribution in [0, 0.1) is 0 Å². The highest BCUT2D eigenvalue weighted by Crippen LogP contribution is 2.25. The van der Waals surface area contributed by atoms with Crippen LogP contribution in [0.25, 0.3) is 0 Å². The molecule has 94 valence electrons. The SMILES string of the molecule is CCCN1CCC(N2CCCC2CO)CC1. The monoisotopic (exact) mass is 226 g/mol. The topological polar surface area (TPSA) is 26.7 Å². The van der Waals surface area contributed by atoms with Gasteiger partial charge in [-0.25, -0.2) is 0 Å². The molecule has 2 rings (SSSR count). The molecular weight excluding hydrogens is 200 g/mol. The number of aliphatic hydroxyl groups is 1. The van der Waals surface area contributed by atoms with Crippen molar-refractivity contribution in [2.45, 2.75) is 51.1 Å². The van der Waals surface area contributed by atoms with E-state index in [1.807, 2.05) is 0 Å². The molecule has 2 aliphatic heterocycles. The standard InChI is InChI=1S/C13H26N2O/c1-2-7-14-9-5-12(6-10-14)15-8-3-4-13(15)11-16/h12-13,16H,2-11H2,1H3. The van der Waals surface area contributed by atoms with E-state index < -0.39 is 0 Å². The first-order valence-electron chi connectivity index (χ1n) is 6.94. The Balaban J connectivity index is 1.79. The molecular formula is C13H26N2O. The van der Waals surface area contributed by atoms with Crippen LogP contribution in [0.4, 0.5) is 0 Å². The molecule has 0 radical (unpaired) electrons. The first kappa shape index (κ1) is 12.3. The summed E-state index contributed by atoms with van der Waals surface area (Å²) in [5, 5.41) is 9.35. The van der Waals surface area contributed by atoms with Gasteiger partial charge in [0.05, 0.1) is 6.61 Å². The quantitative estimate of drug-likeness (QED) is 0.783. The Morgan fingerprint density at radius 2 is 1.88 bits per heavy atom. The van der Waals surface area contributed by atoms with Crippen LogP contribution in [0.5, 0.6) is 0 Å². The largest absolute Gasteiger partial charge is 0.395 e. The second-order valence-electron chi connectivity index (χ2n) is 5.29. The van der Waals surface area contributed by atoms with Gasteiger partial charge in [0.1, 0.15) is 0 Å². The molecule has 0 aliphatic carbocycles. The van der Waals surface area contributed by atoms with Crippen molar-refractivity contribution in [1.82, 2.24) is 9.80 Å². The highest BCUT2D eigenvalue weighted by molar-refractivity contribution is 4.87. The molecule has 0 bridgehead atoms. The average Bonchev–Trinajstić information content (AvgIpc) is 2.78. The molecule has 1 N–H and O–H groups in total. The van der Waals surface area contributed by atoms with Crippen molar-refractivity contribution in [1.29, 1.82) is 0 Å². The first-order chi connectivity index (χ1) is 7.85. The van der Waals surface area contributed by atoms with E-state index in [1.165, 1.54) is 58.3 Å². The zero-order valence-electron chi connectivity index (χ0n) is 10.6. The van der Waals surface area contributed by atoms with E-state index in [0.717, 1.165) is 6.04 Å². The average molecular weight is 226 g/mol. The Bertz CT molecular complexity index is 202. The van der Waals surface area contributed by atoms with Crippen LogP contribution in [-0.2, 0) is 0 Å². The summed E-state index contributed by atoms with van der Waals surface area (Å²) in [4.78, 5) is 5.16. The van der Waals surface area contributed by atoms with Gasteiger partial charge in [-0.15, -0.1) is 0 Å². The Hall–Kier alpha value is -0.120. The van der Waals surface area contributed by atoms with Crippen molar-refractivity contribution < 1.29 is 5.11 Å². The maximum Gasteiger partial charge on any atom is 0.0586 e. The maximum absolute atomic E-state index is 9.35. The summed E-state index contributed by atoms with van der Waals surface area (Å²) >= 11 is 0. The Morgan fingerprint density at radius 3 is 2.50 bits per heavy atom. The fourth-order valence-corrected chi connectivity index (χ4v) is 3.33. The fraction of sp³-hybridized carbons (Fsp3) is 1.00. The predicted molar refractivity (Wildman–Crippen MR) is 66.6 cm³/mol. The van der Waals surface area contributed by atoms with Gasteiger partial charge >= 0.3 is 0 Å². The molecule has 2 fully saturated rings. The van der Waals surface area contributed by atoms with Crippen molar-refractivity contribution in [3.63, 3.8) is 0 Å². The third-order valence-electron chi connectivity index (χ3n) is 4.20. The van der Waals surface area contributed by atoms with E-state index in [2.05, 4.69) is 16.7 Å². The number of rotatable bonds is 4. The fourth-order valence-electron chi connectivity index (χ4n) is 3.33. The lowest BCUT2D eigenvalue weighted by molar-refractivity contribution is 0.0731. The van der Waals surface area contributed by atoms with Crippen LogP contribution in [0.15, 0.2) is 0 Å². The van der Waals surface area contributed by atoms with Crippen LogP contribution >= 0.6 is 0 Å². The molecule has 2 saturated heterocycles. The molecule has 3 nitrogen and oxygen atoms in total. The van der Waals surface area contributed by atoms with Gasteiger partial charge in [-0.2, -0.15) is 0 Å². The minimum Gasteiger partial charge on any atom is -0.395 e. The van der Waals surface area contributed by atoms with Gasteiger partial charge in [-0.05, 0) is 58.3 Å². The zero-order valence-corrected chi connectivity index (χ0v) is 10.6. The molecule has 1 unspecified atom stereocenters. The summed E-state index contributed by atoms with van der Waals surface area (Å²) in [6.07, 6.45) is 6.35. The van der Waals surface area contributed by atoms with E-state index in [9.17, 15) is 5.11 Å². The van der Waals surface area contributed by atoms with E-state index in [1.54, 1.807) is 0 Å². The third kappa shape index (κ3) is 2.76. The molecule has 0 amide bonds. The maximum atomic E-state index is 9.35. The van der Waals surface area contributed by atoms with Crippen LogP contribution in [0.3, 0.4) is 0 Å². The Morgan fingerprint density at radius 1 is 1.12 bits per heavy atom. The lowest BCUT2D eigenvalue weighted by atomic mass is 10.0. The van der Waals surface area contributed by atoms with Gasteiger partial charge in [0, 0.05) is 12.1 Å². The number of likely N-dealkylation sites (tertiary alicyclic amines) is 2. The molecule has 0 aromatic heterocycles. The number of hydrogen-bond acceptors (Lipinski definition) is 3. The molecule has 0 spiro atoms. The van der Waals surface area contributed by atoms with Crippen molar-refractivity contribution in [3.05, 3.63) is 0 Å². The summed E-state index contributed by atoms with van der Waals surface area (Å²) in [5.74, 6) is 0. The highest BCUT2D eigenvalue weighted by Gasteiger charge is 2.31. The van der Waals surface area contributed by atoms with E-state index in [0.29, 0.717) is 12.6 Å². The van der Waals surface area contributed by atoms with Gasteiger partial charge in [0.2, 0.25) is 0 Å². The predicted octanol–water partition coefficient (Wildman–Crippen LogP) is 1.32. The number of nitrogens with zero attached hydrogens (tertiary/aromatic N) is 2. The number of hydrogen-bond donors (Lipinski definition) is 1. The Kier molecular flexibility index (Phi) is 4.62. The first-order valence-corrected chi connectivity index (χ1v) is 6.94. The molecule has 2 aliphatic rings. The normalized spacial score (nSPS) is 30.0. The van der Waals surface area contributed by atoms with E-state index >= 15 is 0 Å². The van der Waals surface area contributed by atoms with Crippen LogP contribution in [0.1, 0.15) is 39.0 Å². The summed E-state index contributed by atoms with van der Waals surface area (Å²) in [6, 6.07) is 1.20. The molecule has 0 saturated carbocycles.